The third-order valence-electron chi connectivity index (χ3n) is 4.30. The molecule has 0 unspecified atom stereocenters. The van der Waals surface area contributed by atoms with E-state index in [0.717, 1.165) is 43.3 Å². The van der Waals surface area contributed by atoms with Crippen LogP contribution in [0.25, 0.3) is 11.4 Å². The Morgan fingerprint density at radius 2 is 2.00 bits per heavy atom. The zero-order valence-electron chi connectivity index (χ0n) is 14.6. The van der Waals surface area contributed by atoms with Crippen LogP contribution in [0.1, 0.15) is 25.5 Å². The summed E-state index contributed by atoms with van der Waals surface area (Å²) in [6.45, 7) is 7.28. The van der Waals surface area contributed by atoms with Crippen molar-refractivity contribution >= 4 is 11.8 Å². The van der Waals surface area contributed by atoms with Gasteiger partial charge in [0.2, 0.25) is 0 Å². The number of aromatic nitrogens is 3. The van der Waals surface area contributed by atoms with Gasteiger partial charge in [0.05, 0.1) is 6.54 Å². The van der Waals surface area contributed by atoms with Crippen LogP contribution in [0.2, 0.25) is 0 Å². The number of hydrogen-bond donors (Lipinski definition) is 1. The molecule has 0 atom stereocenters. The van der Waals surface area contributed by atoms with Crippen molar-refractivity contribution in [1.82, 2.24) is 19.9 Å². The molecular formula is C18H23N5O2. The van der Waals surface area contributed by atoms with Gasteiger partial charge in [0.15, 0.2) is 5.82 Å². The van der Waals surface area contributed by atoms with E-state index in [2.05, 4.69) is 28.7 Å². The standard InChI is InChI=1S/C18H23N5O2/c1-13(2)15-10-16(21-18(20-15)14-4-3-5-19-11-14)23-8-6-22(7-9-23)12-17(24)25/h3-5,10-11,13H,6-9,12H2,1-2H3,(H,24,25). The van der Waals surface area contributed by atoms with Crippen LogP contribution in [0.4, 0.5) is 5.82 Å². The Bertz CT molecular complexity index is 728. The van der Waals surface area contributed by atoms with E-state index in [1.54, 1.807) is 12.4 Å². The van der Waals surface area contributed by atoms with E-state index < -0.39 is 5.97 Å². The Morgan fingerprint density at radius 3 is 2.60 bits per heavy atom. The van der Waals surface area contributed by atoms with Gasteiger partial charge < -0.3 is 10.0 Å². The van der Waals surface area contributed by atoms with Crippen LogP contribution < -0.4 is 4.90 Å². The van der Waals surface area contributed by atoms with Gasteiger partial charge in [-0.05, 0) is 18.1 Å². The molecule has 0 bridgehead atoms. The fraction of sp³-hybridized carbons (Fsp3) is 0.444. The Hall–Kier alpha value is -2.54. The lowest BCUT2D eigenvalue weighted by atomic mass is 10.1. The number of piperazine rings is 1. The lowest BCUT2D eigenvalue weighted by Crippen LogP contribution is -2.48. The Morgan fingerprint density at radius 1 is 1.24 bits per heavy atom. The van der Waals surface area contributed by atoms with E-state index in [0.29, 0.717) is 11.7 Å². The molecule has 1 N–H and O–H groups in total. The summed E-state index contributed by atoms with van der Waals surface area (Å²) in [5.74, 6) is 1.09. The summed E-state index contributed by atoms with van der Waals surface area (Å²) in [5.41, 5.74) is 1.90. The molecule has 0 radical (unpaired) electrons. The number of carboxylic acids is 1. The maximum Gasteiger partial charge on any atom is 0.317 e. The molecule has 7 nitrogen and oxygen atoms in total. The minimum atomic E-state index is -0.781. The number of hydrogen-bond acceptors (Lipinski definition) is 6. The smallest absolute Gasteiger partial charge is 0.317 e. The van der Waals surface area contributed by atoms with Crippen molar-refractivity contribution in [3.63, 3.8) is 0 Å². The second kappa shape index (κ2) is 7.57. The molecule has 2 aromatic rings. The van der Waals surface area contributed by atoms with Crippen LogP contribution in [-0.4, -0.2) is 63.7 Å². The third kappa shape index (κ3) is 4.30. The second-order valence-corrected chi connectivity index (χ2v) is 6.53. The molecule has 3 heterocycles. The fourth-order valence-electron chi connectivity index (χ4n) is 2.86. The van der Waals surface area contributed by atoms with E-state index in [1.165, 1.54) is 0 Å². The zero-order chi connectivity index (χ0) is 17.8. The number of pyridine rings is 1. The first-order valence-corrected chi connectivity index (χ1v) is 8.51. The highest BCUT2D eigenvalue weighted by Gasteiger charge is 2.21. The summed E-state index contributed by atoms with van der Waals surface area (Å²) in [5, 5.41) is 8.93. The molecule has 3 rings (SSSR count). The van der Waals surface area contributed by atoms with Crippen molar-refractivity contribution in [2.45, 2.75) is 19.8 Å². The van der Waals surface area contributed by atoms with Crippen LogP contribution in [0.15, 0.2) is 30.6 Å². The van der Waals surface area contributed by atoms with E-state index in [1.807, 2.05) is 23.1 Å². The maximum absolute atomic E-state index is 10.9. The largest absolute Gasteiger partial charge is 0.480 e. The zero-order valence-corrected chi connectivity index (χ0v) is 14.6. The van der Waals surface area contributed by atoms with Gasteiger partial charge in [0.25, 0.3) is 0 Å². The first-order valence-electron chi connectivity index (χ1n) is 8.51. The number of rotatable bonds is 5. The normalized spacial score (nSPS) is 15.6. The summed E-state index contributed by atoms with van der Waals surface area (Å²) in [6, 6.07) is 5.88. The molecule has 1 aliphatic heterocycles. The number of carboxylic acid groups (broad SMARTS) is 1. The van der Waals surface area contributed by atoms with Crippen LogP contribution in [0.5, 0.6) is 0 Å². The summed E-state index contributed by atoms with van der Waals surface area (Å²) in [7, 11) is 0. The molecule has 0 aromatic carbocycles. The lowest BCUT2D eigenvalue weighted by molar-refractivity contribution is -0.138. The van der Waals surface area contributed by atoms with Crippen LogP contribution >= 0.6 is 0 Å². The van der Waals surface area contributed by atoms with Crippen molar-refractivity contribution in [1.29, 1.82) is 0 Å². The molecule has 0 aliphatic carbocycles. The highest BCUT2D eigenvalue weighted by Crippen LogP contribution is 2.24. The Balaban J connectivity index is 1.84. The van der Waals surface area contributed by atoms with Crippen molar-refractivity contribution in [2.75, 3.05) is 37.6 Å². The average Bonchev–Trinajstić information content (AvgIpc) is 2.62. The van der Waals surface area contributed by atoms with Gasteiger partial charge in [0.1, 0.15) is 5.82 Å². The van der Waals surface area contributed by atoms with Gasteiger partial charge in [-0.1, -0.05) is 13.8 Å². The highest BCUT2D eigenvalue weighted by molar-refractivity contribution is 5.69. The van der Waals surface area contributed by atoms with Gasteiger partial charge in [0, 0.05) is 55.9 Å². The SMILES string of the molecule is CC(C)c1cc(N2CCN(CC(=O)O)CC2)nc(-c2cccnc2)n1. The van der Waals surface area contributed by atoms with Crippen molar-refractivity contribution in [3.8, 4) is 11.4 Å². The van der Waals surface area contributed by atoms with Gasteiger partial charge in [-0.25, -0.2) is 9.97 Å². The predicted molar refractivity (Wildman–Crippen MR) is 95.6 cm³/mol. The van der Waals surface area contributed by atoms with E-state index >= 15 is 0 Å². The van der Waals surface area contributed by atoms with Gasteiger partial charge in [-0.3, -0.25) is 14.7 Å². The molecule has 1 saturated heterocycles. The van der Waals surface area contributed by atoms with Crippen LogP contribution in [-0.2, 0) is 4.79 Å². The second-order valence-electron chi connectivity index (χ2n) is 6.53. The van der Waals surface area contributed by atoms with Crippen LogP contribution in [0, 0.1) is 0 Å². The number of anilines is 1. The molecule has 132 valence electrons. The van der Waals surface area contributed by atoms with E-state index in [9.17, 15) is 4.79 Å². The molecular weight excluding hydrogens is 318 g/mol. The first-order chi connectivity index (χ1) is 12.0. The maximum atomic E-state index is 10.9. The van der Waals surface area contributed by atoms with Gasteiger partial charge >= 0.3 is 5.97 Å². The average molecular weight is 341 g/mol. The molecule has 0 amide bonds. The summed E-state index contributed by atoms with van der Waals surface area (Å²) < 4.78 is 0. The first kappa shape index (κ1) is 17.3. The summed E-state index contributed by atoms with van der Waals surface area (Å²) >= 11 is 0. The molecule has 7 heteroatoms. The third-order valence-corrected chi connectivity index (χ3v) is 4.30. The molecule has 1 aliphatic rings. The molecule has 0 spiro atoms. The molecule has 0 saturated carbocycles. The molecule has 1 fully saturated rings. The van der Waals surface area contributed by atoms with Crippen molar-refractivity contribution < 1.29 is 9.90 Å². The van der Waals surface area contributed by atoms with Crippen molar-refractivity contribution in [2.24, 2.45) is 0 Å². The van der Waals surface area contributed by atoms with E-state index in [4.69, 9.17) is 10.1 Å². The fourth-order valence-corrected chi connectivity index (χ4v) is 2.86. The number of aliphatic carboxylic acids is 1. The molecule has 2 aromatic heterocycles. The lowest BCUT2D eigenvalue weighted by Gasteiger charge is -2.34. The quantitative estimate of drug-likeness (QED) is 0.889. The molecule has 25 heavy (non-hydrogen) atoms. The van der Waals surface area contributed by atoms with Gasteiger partial charge in [-0.2, -0.15) is 0 Å². The minimum Gasteiger partial charge on any atom is -0.480 e. The Kier molecular flexibility index (Phi) is 5.23. The summed E-state index contributed by atoms with van der Waals surface area (Å²) in [4.78, 5) is 28.6. The number of carbonyl (C=O) groups is 1. The van der Waals surface area contributed by atoms with Crippen LogP contribution in [0.3, 0.4) is 0 Å². The Labute approximate surface area is 147 Å². The predicted octanol–water partition coefficient (Wildman–Crippen LogP) is 1.87. The van der Waals surface area contributed by atoms with Crippen molar-refractivity contribution in [3.05, 3.63) is 36.3 Å². The minimum absolute atomic E-state index is 0.0930. The van der Waals surface area contributed by atoms with Gasteiger partial charge in [-0.15, -0.1) is 0 Å². The number of nitrogens with zero attached hydrogens (tertiary/aromatic N) is 5. The van der Waals surface area contributed by atoms with E-state index in [-0.39, 0.29) is 6.54 Å². The highest BCUT2D eigenvalue weighted by atomic mass is 16.4. The topological polar surface area (TPSA) is 82.5 Å². The monoisotopic (exact) mass is 341 g/mol. The summed E-state index contributed by atoms with van der Waals surface area (Å²) in [6.07, 6.45) is 3.51.